The summed E-state index contributed by atoms with van der Waals surface area (Å²) in [7, 11) is 0. The number of amides is 1. The van der Waals surface area contributed by atoms with E-state index in [9.17, 15) is 9.90 Å². The van der Waals surface area contributed by atoms with Crippen molar-refractivity contribution in [2.75, 3.05) is 13.2 Å². The van der Waals surface area contributed by atoms with Gasteiger partial charge in [-0.15, -0.1) is 11.3 Å². The summed E-state index contributed by atoms with van der Waals surface area (Å²) < 4.78 is 16.8. The quantitative estimate of drug-likeness (QED) is 0.698. The van der Waals surface area contributed by atoms with Crippen molar-refractivity contribution in [2.45, 2.75) is 32.6 Å². The zero-order valence-corrected chi connectivity index (χ0v) is 15.8. The van der Waals surface area contributed by atoms with Gasteiger partial charge < -0.3 is 24.3 Å². The predicted octanol–water partition coefficient (Wildman–Crippen LogP) is 2.57. The summed E-state index contributed by atoms with van der Waals surface area (Å²) in [5.74, 6) is 0.872. The van der Waals surface area contributed by atoms with Crippen molar-refractivity contribution >= 4 is 28.2 Å². The van der Waals surface area contributed by atoms with Crippen LogP contribution in [0.15, 0.2) is 28.1 Å². The largest absolute Gasteiger partial charge is 0.488 e. The van der Waals surface area contributed by atoms with Crippen LogP contribution < -0.4 is 10.1 Å². The van der Waals surface area contributed by atoms with Gasteiger partial charge in [0.1, 0.15) is 23.7 Å². The van der Waals surface area contributed by atoms with Gasteiger partial charge in [-0.05, 0) is 32.0 Å². The second-order valence-corrected chi connectivity index (χ2v) is 7.46. The number of ether oxygens (including phenoxy) is 2. The van der Waals surface area contributed by atoms with Crippen LogP contribution in [0.3, 0.4) is 0 Å². The summed E-state index contributed by atoms with van der Waals surface area (Å²) in [5.41, 5.74) is 3.81. The van der Waals surface area contributed by atoms with Gasteiger partial charge in [0.2, 0.25) is 0 Å². The van der Waals surface area contributed by atoms with Gasteiger partial charge in [-0.1, -0.05) is 0 Å². The number of hydrogen-bond acceptors (Lipinski definition) is 7. The number of furan rings is 1. The zero-order valence-electron chi connectivity index (χ0n) is 15.0. The monoisotopic (exact) mass is 388 g/mol. The van der Waals surface area contributed by atoms with Gasteiger partial charge in [0, 0.05) is 5.39 Å². The van der Waals surface area contributed by atoms with E-state index in [2.05, 4.69) is 10.3 Å². The molecular weight excluding hydrogens is 368 g/mol. The maximum Gasteiger partial charge on any atom is 0.255 e. The Balaban J connectivity index is 1.57. The van der Waals surface area contributed by atoms with Crippen LogP contribution in [0.4, 0.5) is 0 Å². The SMILES string of the molecule is Cc1ncsc1COc1ccc2oc(C)c(C(=O)NC3COCC3O)c2c1. The maximum absolute atomic E-state index is 12.8. The third-order valence-corrected chi connectivity index (χ3v) is 5.55. The zero-order chi connectivity index (χ0) is 19.0. The Morgan fingerprint density at radius 3 is 2.96 bits per heavy atom. The molecule has 3 heterocycles. The van der Waals surface area contributed by atoms with Gasteiger partial charge in [-0.25, -0.2) is 4.98 Å². The predicted molar refractivity (Wildman–Crippen MR) is 100 cm³/mol. The normalized spacial score (nSPS) is 19.5. The number of carbonyl (C=O) groups excluding carboxylic acids is 1. The molecular formula is C19H20N2O5S. The van der Waals surface area contributed by atoms with Crippen LogP contribution in [-0.2, 0) is 11.3 Å². The summed E-state index contributed by atoms with van der Waals surface area (Å²) in [5, 5.41) is 13.4. The Morgan fingerprint density at radius 2 is 2.26 bits per heavy atom. The number of aromatic nitrogens is 1. The minimum absolute atomic E-state index is 0.227. The third-order valence-electron chi connectivity index (χ3n) is 4.64. The lowest BCUT2D eigenvalue weighted by atomic mass is 10.1. The second-order valence-electron chi connectivity index (χ2n) is 6.53. The first-order valence-corrected chi connectivity index (χ1v) is 9.52. The van der Waals surface area contributed by atoms with E-state index in [-0.39, 0.29) is 12.5 Å². The molecule has 1 aromatic carbocycles. The molecule has 0 radical (unpaired) electrons. The van der Waals surface area contributed by atoms with Crippen LogP contribution >= 0.6 is 11.3 Å². The van der Waals surface area contributed by atoms with Gasteiger partial charge in [0.25, 0.3) is 5.91 Å². The molecule has 0 saturated carbocycles. The van der Waals surface area contributed by atoms with Crippen LogP contribution in [-0.4, -0.2) is 41.4 Å². The summed E-state index contributed by atoms with van der Waals surface area (Å²) >= 11 is 1.55. The first kappa shape index (κ1) is 18.0. The molecule has 2 N–H and O–H groups in total. The van der Waals surface area contributed by atoms with Gasteiger partial charge in [-0.3, -0.25) is 4.79 Å². The van der Waals surface area contributed by atoms with Crippen LogP contribution in [0.2, 0.25) is 0 Å². The van der Waals surface area contributed by atoms with Crippen LogP contribution in [0.5, 0.6) is 5.75 Å². The van der Waals surface area contributed by atoms with Crippen molar-refractivity contribution in [3.63, 3.8) is 0 Å². The summed E-state index contributed by atoms with van der Waals surface area (Å²) in [6, 6.07) is 4.99. The first-order chi connectivity index (χ1) is 13.0. The molecule has 0 spiro atoms. The van der Waals surface area contributed by atoms with Gasteiger partial charge in [-0.2, -0.15) is 0 Å². The van der Waals surface area contributed by atoms with E-state index in [4.69, 9.17) is 13.9 Å². The van der Waals surface area contributed by atoms with Crippen LogP contribution in [0.1, 0.15) is 26.7 Å². The minimum Gasteiger partial charge on any atom is -0.488 e. The average Bonchev–Trinajstić information content (AvgIpc) is 3.31. The Labute approximate surface area is 159 Å². The molecule has 1 fully saturated rings. The minimum atomic E-state index is -0.700. The van der Waals surface area contributed by atoms with E-state index in [1.165, 1.54) is 0 Å². The molecule has 2 atom stereocenters. The highest BCUT2D eigenvalue weighted by atomic mass is 32.1. The van der Waals surface area contributed by atoms with Crippen molar-refractivity contribution in [3.05, 3.63) is 45.6 Å². The van der Waals surface area contributed by atoms with Gasteiger partial charge >= 0.3 is 0 Å². The highest BCUT2D eigenvalue weighted by Crippen LogP contribution is 2.30. The van der Waals surface area contributed by atoms with E-state index < -0.39 is 12.1 Å². The van der Waals surface area contributed by atoms with E-state index in [0.717, 1.165) is 10.6 Å². The average molecular weight is 388 g/mol. The van der Waals surface area contributed by atoms with Crippen molar-refractivity contribution < 1.29 is 23.8 Å². The van der Waals surface area contributed by atoms with E-state index in [1.54, 1.807) is 35.9 Å². The number of aliphatic hydroxyl groups excluding tert-OH is 1. The van der Waals surface area contributed by atoms with Crippen LogP contribution in [0, 0.1) is 13.8 Å². The number of aliphatic hydroxyl groups is 1. The molecule has 3 aromatic rings. The molecule has 1 saturated heterocycles. The Bertz CT molecular complexity index is 980. The summed E-state index contributed by atoms with van der Waals surface area (Å²) in [6.45, 7) is 4.64. The molecule has 1 aliphatic heterocycles. The Kier molecular flexibility index (Phi) is 4.86. The number of thiazole rings is 1. The lowest BCUT2D eigenvalue weighted by molar-refractivity contribution is 0.0886. The molecule has 8 heteroatoms. The number of nitrogens with zero attached hydrogens (tertiary/aromatic N) is 1. The number of rotatable bonds is 5. The fraction of sp³-hybridized carbons (Fsp3) is 0.368. The fourth-order valence-corrected chi connectivity index (χ4v) is 3.79. The lowest BCUT2D eigenvalue weighted by Crippen LogP contribution is -2.42. The van der Waals surface area contributed by atoms with E-state index >= 15 is 0 Å². The van der Waals surface area contributed by atoms with E-state index in [0.29, 0.717) is 41.3 Å². The maximum atomic E-state index is 12.8. The standard InChI is InChI=1S/C19H20N2O5S/c1-10-17(27-9-20-10)8-25-12-3-4-16-13(5-12)18(11(2)26-16)19(23)21-14-6-24-7-15(14)22/h3-5,9,14-15,22H,6-8H2,1-2H3,(H,21,23). The molecule has 1 amide bonds. The first-order valence-electron chi connectivity index (χ1n) is 8.64. The molecule has 2 aromatic heterocycles. The van der Waals surface area contributed by atoms with E-state index in [1.807, 2.05) is 13.0 Å². The fourth-order valence-electron chi connectivity index (χ4n) is 3.11. The number of hydrogen-bond donors (Lipinski definition) is 2. The second kappa shape index (κ2) is 7.30. The highest BCUT2D eigenvalue weighted by molar-refractivity contribution is 7.09. The van der Waals surface area contributed by atoms with Gasteiger partial charge in [0.15, 0.2) is 0 Å². The number of aryl methyl sites for hydroxylation is 2. The smallest absolute Gasteiger partial charge is 0.255 e. The molecule has 0 aliphatic carbocycles. The number of nitrogens with one attached hydrogen (secondary N) is 1. The third kappa shape index (κ3) is 3.55. The Morgan fingerprint density at radius 1 is 1.41 bits per heavy atom. The van der Waals surface area contributed by atoms with Crippen molar-refractivity contribution in [1.29, 1.82) is 0 Å². The molecule has 7 nitrogen and oxygen atoms in total. The molecule has 1 aliphatic rings. The number of carbonyl (C=O) groups is 1. The molecule has 0 bridgehead atoms. The molecule has 4 rings (SSSR count). The summed E-state index contributed by atoms with van der Waals surface area (Å²) in [4.78, 5) is 18.0. The van der Waals surface area contributed by atoms with Crippen molar-refractivity contribution in [2.24, 2.45) is 0 Å². The van der Waals surface area contributed by atoms with Crippen molar-refractivity contribution in [1.82, 2.24) is 10.3 Å². The van der Waals surface area contributed by atoms with Crippen molar-refractivity contribution in [3.8, 4) is 5.75 Å². The van der Waals surface area contributed by atoms with Gasteiger partial charge in [0.05, 0.1) is 47.0 Å². The molecule has 27 heavy (non-hydrogen) atoms. The molecule has 2 unspecified atom stereocenters. The number of fused-ring (bicyclic) bond motifs is 1. The lowest BCUT2D eigenvalue weighted by Gasteiger charge is -2.14. The number of benzene rings is 1. The molecule has 142 valence electrons. The summed E-state index contributed by atoms with van der Waals surface area (Å²) in [6.07, 6.45) is -0.700. The van der Waals surface area contributed by atoms with Crippen LogP contribution in [0.25, 0.3) is 11.0 Å². The highest BCUT2D eigenvalue weighted by Gasteiger charge is 2.29. The topological polar surface area (TPSA) is 93.8 Å². The Hall–Kier alpha value is -2.42.